The second kappa shape index (κ2) is 18.5. The summed E-state index contributed by atoms with van der Waals surface area (Å²) in [6.45, 7) is 9.62. The molecule has 4 atom stereocenters. The predicted molar refractivity (Wildman–Crippen MR) is 243 cm³/mol. The number of amides is 4. The zero-order valence-electron chi connectivity index (χ0n) is 37.8. The van der Waals surface area contributed by atoms with Gasteiger partial charge in [0, 0.05) is 32.4 Å². The van der Waals surface area contributed by atoms with Crippen molar-refractivity contribution in [1.29, 1.82) is 0 Å². The predicted octanol–water partition coefficient (Wildman–Crippen LogP) is 8.03. The number of hydrogen-bond donors (Lipinski definition) is 4. The number of imidazole rings is 2. The molecule has 4 N–H and O–H groups in total. The molecule has 1 aliphatic carbocycles. The molecular formula is C49H60N8O7. The molecule has 1 saturated carbocycles. The molecule has 8 rings (SSSR count). The molecule has 4 heterocycles. The highest BCUT2D eigenvalue weighted by Crippen LogP contribution is 2.58. The van der Waals surface area contributed by atoms with Crippen LogP contribution in [-0.2, 0) is 23.8 Å². The van der Waals surface area contributed by atoms with Crippen molar-refractivity contribution in [3.05, 3.63) is 84.7 Å². The van der Waals surface area contributed by atoms with Crippen molar-refractivity contribution >= 4 is 34.8 Å². The molecule has 0 bridgehead atoms. The number of ether oxygens (including phenoxy) is 3. The number of benzene rings is 3. The van der Waals surface area contributed by atoms with Gasteiger partial charge in [-0.3, -0.25) is 9.59 Å². The van der Waals surface area contributed by atoms with E-state index >= 15 is 0 Å². The Morgan fingerprint density at radius 3 is 2.02 bits per heavy atom. The van der Waals surface area contributed by atoms with Gasteiger partial charge in [0.2, 0.25) is 11.8 Å². The maximum Gasteiger partial charge on any atom is 0.407 e. The fourth-order valence-electron chi connectivity index (χ4n) is 9.59. The first-order chi connectivity index (χ1) is 30.8. The molecule has 15 nitrogen and oxygen atoms in total. The number of aromatic amines is 2. The van der Waals surface area contributed by atoms with E-state index in [1.165, 1.54) is 14.2 Å². The van der Waals surface area contributed by atoms with Crippen molar-refractivity contribution in [2.75, 3.05) is 41.0 Å². The summed E-state index contributed by atoms with van der Waals surface area (Å²) < 4.78 is 15.3. The Bertz CT molecular complexity index is 2490. The summed E-state index contributed by atoms with van der Waals surface area (Å²) >= 11 is 0. The number of rotatable bonds is 13. The minimum Gasteiger partial charge on any atom is -0.453 e. The Kier molecular flexibility index (Phi) is 12.8. The summed E-state index contributed by atoms with van der Waals surface area (Å²) in [5, 5.41) is 7.74. The van der Waals surface area contributed by atoms with E-state index < -0.39 is 24.3 Å². The van der Waals surface area contributed by atoms with E-state index in [1.807, 2.05) is 38.8 Å². The lowest BCUT2D eigenvalue weighted by Crippen LogP contribution is -2.53. The number of alkyl carbamates (subject to hydrolysis) is 2. The molecular weight excluding hydrogens is 813 g/mol. The molecule has 2 aromatic heterocycles. The molecule has 0 unspecified atom stereocenters. The van der Waals surface area contributed by atoms with Crippen LogP contribution in [0.4, 0.5) is 9.59 Å². The SMILES string of the molecule is COC(=O)N[C@H](C(=O)N(C)[C@H](c1ncc(-c2ccc(-c3ccc4cc(-c5cnc([C@@H]6CC7(CC7)CN6C(=O)[C@@H](NC(=O)OC)C6CCOCC6)[nH]5)ccc4c3)cc2)[nH]1)C(C)C)C(C)C. The highest BCUT2D eigenvalue weighted by atomic mass is 16.5. The van der Waals surface area contributed by atoms with Gasteiger partial charge in [-0.2, -0.15) is 0 Å². The molecule has 338 valence electrons. The van der Waals surface area contributed by atoms with Crippen LogP contribution >= 0.6 is 0 Å². The monoisotopic (exact) mass is 872 g/mol. The molecule has 2 aliphatic heterocycles. The van der Waals surface area contributed by atoms with E-state index in [1.54, 1.807) is 18.1 Å². The third-order valence-corrected chi connectivity index (χ3v) is 13.5. The Balaban J connectivity index is 0.961. The highest BCUT2D eigenvalue weighted by Gasteiger charge is 2.55. The smallest absolute Gasteiger partial charge is 0.407 e. The minimum absolute atomic E-state index is 0.0299. The Hall–Kier alpha value is -6.22. The van der Waals surface area contributed by atoms with Crippen molar-refractivity contribution in [1.82, 2.24) is 40.4 Å². The van der Waals surface area contributed by atoms with Gasteiger partial charge in [0.05, 0.1) is 50.1 Å². The van der Waals surface area contributed by atoms with Gasteiger partial charge in [-0.1, -0.05) is 76.2 Å². The average molecular weight is 873 g/mol. The van der Waals surface area contributed by atoms with Crippen LogP contribution in [0, 0.1) is 23.2 Å². The fourth-order valence-corrected chi connectivity index (χ4v) is 9.59. The Labute approximate surface area is 374 Å². The quantitative estimate of drug-likeness (QED) is 0.0910. The summed E-state index contributed by atoms with van der Waals surface area (Å²) in [6.07, 6.45) is 6.79. The van der Waals surface area contributed by atoms with Crippen LogP contribution < -0.4 is 10.6 Å². The summed E-state index contributed by atoms with van der Waals surface area (Å²) in [5.41, 5.74) is 5.94. The van der Waals surface area contributed by atoms with Gasteiger partial charge >= 0.3 is 12.2 Å². The van der Waals surface area contributed by atoms with Crippen LogP contribution in [0.3, 0.4) is 0 Å². The van der Waals surface area contributed by atoms with E-state index in [2.05, 4.69) is 81.3 Å². The number of nitrogens with zero attached hydrogens (tertiary/aromatic N) is 4. The number of hydrogen-bond acceptors (Lipinski definition) is 9. The van der Waals surface area contributed by atoms with Crippen molar-refractivity contribution in [2.24, 2.45) is 23.2 Å². The maximum absolute atomic E-state index is 14.3. The second-order valence-corrected chi connectivity index (χ2v) is 18.5. The molecule has 64 heavy (non-hydrogen) atoms. The number of carbonyl (C=O) groups excluding carboxylic acids is 4. The third-order valence-electron chi connectivity index (χ3n) is 13.5. The number of nitrogens with one attached hydrogen (secondary N) is 4. The van der Waals surface area contributed by atoms with Crippen molar-refractivity contribution in [2.45, 2.75) is 84.0 Å². The van der Waals surface area contributed by atoms with Crippen LogP contribution in [0.1, 0.15) is 83.5 Å². The van der Waals surface area contributed by atoms with Crippen LogP contribution in [0.2, 0.25) is 0 Å². The van der Waals surface area contributed by atoms with Gasteiger partial charge in [-0.25, -0.2) is 19.6 Å². The van der Waals surface area contributed by atoms with E-state index in [-0.39, 0.29) is 47.1 Å². The van der Waals surface area contributed by atoms with Gasteiger partial charge in [0.15, 0.2) is 0 Å². The first-order valence-corrected chi connectivity index (χ1v) is 22.4. The van der Waals surface area contributed by atoms with E-state index in [9.17, 15) is 19.2 Å². The molecule has 2 saturated heterocycles. The van der Waals surface area contributed by atoms with Gasteiger partial charge in [0.1, 0.15) is 23.7 Å². The molecule has 3 fully saturated rings. The van der Waals surface area contributed by atoms with Crippen molar-refractivity contribution in [3.8, 4) is 33.6 Å². The summed E-state index contributed by atoms with van der Waals surface area (Å²) in [6, 6.07) is 19.1. The molecule has 3 aromatic carbocycles. The number of methoxy groups -OCH3 is 2. The van der Waals surface area contributed by atoms with E-state index in [0.717, 1.165) is 69.5 Å². The average Bonchev–Trinajstić information content (AvgIpc) is 3.62. The molecule has 15 heteroatoms. The second-order valence-electron chi connectivity index (χ2n) is 18.5. The third kappa shape index (κ3) is 9.21. The van der Waals surface area contributed by atoms with Crippen molar-refractivity contribution in [3.63, 3.8) is 0 Å². The largest absolute Gasteiger partial charge is 0.453 e. The first-order valence-electron chi connectivity index (χ1n) is 22.4. The number of likely N-dealkylation sites (N-methyl/N-ethyl adjacent to an activating group) is 1. The van der Waals surface area contributed by atoms with Gasteiger partial charge < -0.3 is 44.6 Å². The van der Waals surface area contributed by atoms with Crippen molar-refractivity contribution < 1.29 is 33.4 Å². The fraction of sp³-hybridized carbons (Fsp3) is 0.469. The van der Waals surface area contributed by atoms with Crippen LogP contribution in [0.15, 0.2) is 73.1 Å². The Morgan fingerprint density at radius 2 is 1.38 bits per heavy atom. The lowest BCUT2D eigenvalue weighted by molar-refractivity contribution is -0.137. The number of likely N-dealkylation sites (tertiary alicyclic amines) is 1. The van der Waals surface area contributed by atoms with E-state index in [0.29, 0.717) is 38.4 Å². The molecule has 1 spiro atoms. The maximum atomic E-state index is 14.3. The standard InChI is InChI=1S/C49H60N8O7/c1-28(2)40(54-47(60)62-6)45(58)56(5)42(29(3)4)44-51-25-37(53-44)31-10-8-30(9-11-31)33-12-13-35-23-36(15-14-34(35)22-33)38-26-50-43(52-38)39-24-49(18-19-49)27-57(39)46(59)41(55-48(61)63-7)32-16-20-64-21-17-32/h8-15,22-23,25-26,28-29,32,39-42H,16-21,24,27H2,1-7H3,(H,50,52)(H,51,53)(H,54,60)(H,55,61)/t39-,40-,41-,42-/m0/s1. The lowest BCUT2D eigenvalue weighted by atomic mass is 9.90. The van der Waals surface area contributed by atoms with E-state index in [4.69, 9.17) is 24.2 Å². The normalized spacial score (nSPS) is 18.5. The molecule has 3 aliphatic rings. The highest BCUT2D eigenvalue weighted by molar-refractivity contribution is 5.91. The van der Waals surface area contributed by atoms with Gasteiger partial charge in [-0.15, -0.1) is 0 Å². The number of carbonyl (C=O) groups is 4. The van der Waals surface area contributed by atoms with Crippen LogP contribution in [0.5, 0.6) is 0 Å². The topological polar surface area (TPSA) is 184 Å². The van der Waals surface area contributed by atoms with Crippen LogP contribution in [-0.4, -0.2) is 107 Å². The van der Waals surface area contributed by atoms with Gasteiger partial charge in [0.25, 0.3) is 0 Å². The molecule has 4 amide bonds. The zero-order valence-corrected chi connectivity index (χ0v) is 37.8. The molecule has 5 aromatic rings. The van der Waals surface area contributed by atoms with Crippen LogP contribution in [0.25, 0.3) is 44.4 Å². The summed E-state index contributed by atoms with van der Waals surface area (Å²) in [5.74, 6) is 0.981. The number of aromatic nitrogens is 4. The number of fused-ring (bicyclic) bond motifs is 1. The summed E-state index contributed by atoms with van der Waals surface area (Å²) in [7, 11) is 4.35. The lowest BCUT2D eigenvalue weighted by Gasteiger charge is -2.34. The number of H-pyrrole nitrogens is 2. The Morgan fingerprint density at radius 1 is 0.781 bits per heavy atom. The van der Waals surface area contributed by atoms with Gasteiger partial charge in [-0.05, 0) is 94.9 Å². The first kappa shape index (κ1) is 44.4. The summed E-state index contributed by atoms with van der Waals surface area (Å²) in [4.78, 5) is 72.6. The minimum atomic E-state index is -0.744. The zero-order chi connectivity index (χ0) is 45.3. The molecule has 0 radical (unpaired) electrons.